The molecule has 0 aliphatic carbocycles. The fourth-order valence-electron chi connectivity index (χ4n) is 4.43. The average Bonchev–Trinajstić information content (AvgIpc) is 3.35. The normalized spacial score (nSPS) is 17.8. The lowest BCUT2D eigenvalue weighted by Crippen LogP contribution is -2.34. The minimum atomic E-state index is 0.0868. The van der Waals surface area contributed by atoms with Crippen molar-refractivity contribution in [1.29, 1.82) is 0 Å². The Morgan fingerprint density at radius 3 is 2.81 bits per heavy atom. The molecule has 1 aromatic heterocycles. The summed E-state index contributed by atoms with van der Waals surface area (Å²) in [5.41, 5.74) is 9.04. The molecule has 0 radical (unpaired) electrons. The maximum absolute atomic E-state index is 12.9. The molecular weight excluding hydrogens is 414 g/mol. The lowest BCUT2D eigenvalue weighted by atomic mass is 10.1. The molecule has 1 atom stereocenters. The first-order valence-corrected chi connectivity index (χ1v) is 11.0. The summed E-state index contributed by atoms with van der Waals surface area (Å²) >= 11 is 6.27. The third-order valence-corrected chi connectivity index (χ3v) is 6.15. The minimum absolute atomic E-state index is 0.0868. The number of benzene rings is 1. The van der Waals surface area contributed by atoms with Crippen LogP contribution >= 0.6 is 11.6 Å². The molecule has 1 unspecified atom stereocenters. The monoisotopic (exact) mass is 441 g/mol. The molecule has 2 aliphatic rings. The van der Waals surface area contributed by atoms with Crippen LogP contribution in [0.1, 0.15) is 41.3 Å². The fraction of sp³-hybridized carbons (Fsp3) is 0.435. The molecule has 2 aromatic rings. The first-order chi connectivity index (χ1) is 15.0. The van der Waals surface area contributed by atoms with Crippen molar-refractivity contribution in [2.45, 2.75) is 26.3 Å². The number of pyridine rings is 1. The van der Waals surface area contributed by atoms with Gasteiger partial charge in [0, 0.05) is 31.4 Å². The van der Waals surface area contributed by atoms with Crippen molar-refractivity contribution < 1.29 is 9.53 Å². The van der Waals surface area contributed by atoms with E-state index in [1.807, 2.05) is 17.0 Å². The Bertz CT molecular complexity index is 1000. The average molecular weight is 442 g/mol. The third-order valence-electron chi connectivity index (χ3n) is 5.83. The second-order valence-corrected chi connectivity index (χ2v) is 8.72. The van der Waals surface area contributed by atoms with Gasteiger partial charge in [-0.1, -0.05) is 18.5 Å². The summed E-state index contributed by atoms with van der Waals surface area (Å²) in [6, 6.07) is 7.20. The number of halogens is 1. The Morgan fingerprint density at radius 1 is 1.29 bits per heavy atom. The van der Waals surface area contributed by atoms with Gasteiger partial charge in [0.1, 0.15) is 5.84 Å². The number of nitrogens with two attached hydrogens (primary N) is 1. The largest absolute Gasteiger partial charge is 0.480 e. The van der Waals surface area contributed by atoms with E-state index in [4.69, 9.17) is 22.1 Å². The molecule has 31 heavy (non-hydrogen) atoms. The van der Waals surface area contributed by atoms with Crippen LogP contribution in [0.25, 0.3) is 0 Å². The number of carbonyl (C=O) groups is 1. The van der Waals surface area contributed by atoms with Crippen molar-refractivity contribution in [2.75, 3.05) is 33.3 Å². The maximum atomic E-state index is 12.9. The summed E-state index contributed by atoms with van der Waals surface area (Å²) in [4.78, 5) is 25.9. The minimum Gasteiger partial charge on any atom is -0.480 e. The summed E-state index contributed by atoms with van der Waals surface area (Å²) in [5, 5.41) is 0.419. The third kappa shape index (κ3) is 4.67. The molecule has 0 spiro atoms. The molecule has 0 bridgehead atoms. The highest BCUT2D eigenvalue weighted by molar-refractivity contribution is 6.34. The molecular formula is C23H28ClN5O2. The van der Waals surface area contributed by atoms with Crippen LogP contribution in [0.2, 0.25) is 5.02 Å². The number of rotatable bonds is 7. The van der Waals surface area contributed by atoms with Crippen LogP contribution in [0.15, 0.2) is 35.5 Å². The van der Waals surface area contributed by atoms with Crippen LogP contribution in [0.5, 0.6) is 5.88 Å². The number of fused-ring (bicyclic) bond motifs is 1. The van der Waals surface area contributed by atoms with E-state index in [0.717, 1.165) is 24.2 Å². The lowest BCUT2D eigenvalue weighted by Gasteiger charge is -2.24. The summed E-state index contributed by atoms with van der Waals surface area (Å²) in [6.07, 6.45) is 4.12. The van der Waals surface area contributed by atoms with Gasteiger partial charge in [0.05, 0.1) is 23.4 Å². The zero-order chi connectivity index (χ0) is 22.0. The van der Waals surface area contributed by atoms with Gasteiger partial charge < -0.3 is 20.3 Å². The molecule has 1 amide bonds. The standard InChI is InChI=1S/C23H28ClN5O2/c1-15(12-28-9-3-4-10-28)13-29-14-16-11-17(5-6-18(16)23(29)30)27-21(25)20-19(24)7-8-26-22(20)31-2/h5-8,11,15H,3-4,9-10,12-14H2,1-2H3,(H2,25,27). The number of likely N-dealkylation sites (tertiary alicyclic amines) is 1. The van der Waals surface area contributed by atoms with E-state index < -0.39 is 0 Å². The smallest absolute Gasteiger partial charge is 0.254 e. The van der Waals surface area contributed by atoms with E-state index in [-0.39, 0.29) is 11.7 Å². The van der Waals surface area contributed by atoms with Gasteiger partial charge in [0.25, 0.3) is 5.91 Å². The van der Waals surface area contributed by atoms with E-state index in [0.29, 0.717) is 34.6 Å². The number of hydrogen-bond acceptors (Lipinski definition) is 5. The first-order valence-electron chi connectivity index (χ1n) is 10.6. The molecule has 1 aromatic carbocycles. The lowest BCUT2D eigenvalue weighted by molar-refractivity contribution is 0.0744. The highest BCUT2D eigenvalue weighted by Crippen LogP contribution is 2.29. The van der Waals surface area contributed by atoms with Gasteiger partial charge in [-0.05, 0) is 61.7 Å². The Labute approximate surface area is 187 Å². The quantitative estimate of drug-likeness (QED) is 0.525. The number of amides is 1. The predicted octanol–water partition coefficient (Wildman–Crippen LogP) is 3.47. The molecule has 164 valence electrons. The summed E-state index contributed by atoms with van der Waals surface area (Å²) in [6.45, 7) is 6.96. The number of ether oxygens (including phenoxy) is 1. The molecule has 1 saturated heterocycles. The van der Waals surface area contributed by atoms with Crippen LogP contribution in [-0.2, 0) is 6.54 Å². The topological polar surface area (TPSA) is 84.1 Å². The van der Waals surface area contributed by atoms with E-state index in [1.54, 1.807) is 18.3 Å². The van der Waals surface area contributed by atoms with Gasteiger partial charge >= 0.3 is 0 Å². The highest BCUT2D eigenvalue weighted by Gasteiger charge is 2.29. The van der Waals surface area contributed by atoms with Gasteiger partial charge in [-0.25, -0.2) is 9.98 Å². The number of aromatic nitrogens is 1. The molecule has 8 heteroatoms. The second-order valence-electron chi connectivity index (χ2n) is 8.31. The van der Waals surface area contributed by atoms with Crippen molar-refractivity contribution in [1.82, 2.24) is 14.8 Å². The summed E-state index contributed by atoms with van der Waals surface area (Å²) in [5.74, 6) is 1.06. The van der Waals surface area contributed by atoms with Gasteiger partial charge in [-0.2, -0.15) is 0 Å². The number of aliphatic imine (C=N–C) groups is 1. The number of hydrogen-bond donors (Lipinski definition) is 1. The zero-order valence-corrected chi connectivity index (χ0v) is 18.7. The van der Waals surface area contributed by atoms with Gasteiger partial charge in [0.2, 0.25) is 5.88 Å². The molecule has 2 N–H and O–H groups in total. The molecule has 4 rings (SSSR count). The Balaban J connectivity index is 1.49. The van der Waals surface area contributed by atoms with E-state index in [9.17, 15) is 4.79 Å². The zero-order valence-electron chi connectivity index (χ0n) is 18.0. The Hall–Kier alpha value is -2.64. The van der Waals surface area contributed by atoms with Gasteiger partial charge in [-0.15, -0.1) is 0 Å². The van der Waals surface area contributed by atoms with Crippen molar-refractivity contribution in [3.63, 3.8) is 0 Å². The summed E-state index contributed by atoms with van der Waals surface area (Å²) < 4.78 is 5.26. The summed E-state index contributed by atoms with van der Waals surface area (Å²) in [7, 11) is 1.51. The molecule has 1 fully saturated rings. The van der Waals surface area contributed by atoms with Crippen molar-refractivity contribution in [3.05, 3.63) is 52.2 Å². The van der Waals surface area contributed by atoms with Crippen LogP contribution in [0.4, 0.5) is 5.69 Å². The fourth-order valence-corrected chi connectivity index (χ4v) is 4.66. The highest BCUT2D eigenvalue weighted by atomic mass is 35.5. The van der Waals surface area contributed by atoms with Gasteiger partial charge in [0.15, 0.2) is 0 Å². The molecule has 0 saturated carbocycles. The predicted molar refractivity (Wildman–Crippen MR) is 122 cm³/mol. The second kappa shape index (κ2) is 9.24. The van der Waals surface area contributed by atoms with Crippen LogP contribution in [0, 0.1) is 5.92 Å². The molecule has 3 heterocycles. The molecule has 7 nitrogen and oxygen atoms in total. The number of carbonyl (C=O) groups excluding carboxylic acids is 1. The van der Waals surface area contributed by atoms with Crippen LogP contribution in [0.3, 0.4) is 0 Å². The van der Waals surface area contributed by atoms with Crippen molar-refractivity contribution in [3.8, 4) is 5.88 Å². The Kier molecular flexibility index (Phi) is 6.43. The first kappa shape index (κ1) is 21.6. The Morgan fingerprint density at radius 2 is 2.06 bits per heavy atom. The molecule has 2 aliphatic heterocycles. The van der Waals surface area contributed by atoms with Gasteiger partial charge in [-0.3, -0.25) is 4.79 Å². The maximum Gasteiger partial charge on any atom is 0.254 e. The van der Waals surface area contributed by atoms with Crippen molar-refractivity contribution >= 4 is 29.0 Å². The van der Waals surface area contributed by atoms with Crippen molar-refractivity contribution in [2.24, 2.45) is 16.6 Å². The number of amidine groups is 1. The SMILES string of the molecule is COc1nccc(Cl)c1/C(N)=N/c1ccc2c(c1)CN(CC(C)CN1CCCC1)C2=O. The van der Waals surface area contributed by atoms with Crippen LogP contribution < -0.4 is 10.5 Å². The van der Waals surface area contributed by atoms with Crippen LogP contribution in [-0.4, -0.2) is 59.8 Å². The number of methoxy groups -OCH3 is 1. The van der Waals surface area contributed by atoms with E-state index in [1.165, 1.54) is 33.0 Å². The number of nitrogens with zero attached hydrogens (tertiary/aromatic N) is 4. The van der Waals surface area contributed by atoms with E-state index in [2.05, 4.69) is 21.8 Å². The van der Waals surface area contributed by atoms with E-state index >= 15 is 0 Å².